The Balaban J connectivity index is 2.28. The number of aryl methyl sites for hydroxylation is 2. The summed E-state index contributed by atoms with van der Waals surface area (Å²) in [5.74, 6) is 0.116. The average molecular weight is 381 g/mol. The standard InChI is InChI=1S/C24H32N2O2/c1-7-10-17(5)26(9-3)22-12-11-20(13-16(22)4)25-18(6)21-14-19(8-2)23(27)15-24(21)28/h10-15,25,27-28H,6-9H2,1-5H3/b17-10+. The maximum absolute atomic E-state index is 10.2. The Morgan fingerprint density at radius 2 is 1.82 bits per heavy atom. The Bertz CT molecular complexity index is 884. The lowest BCUT2D eigenvalue weighted by atomic mass is 10.0. The zero-order valence-electron chi connectivity index (χ0n) is 17.6. The summed E-state index contributed by atoms with van der Waals surface area (Å²) in [6.45, 7) is 15.5. The number of rotatable bonds is 8. The molecule has 0 atom stereocenters. The van der Waals surface area contributed by atoms with Gasteiger partial charge in [-0.15, -0.1) is 0 Å². The van der Waals surface area contributed by atoms with E-state index in [1.807, 2.05) is 13.0 Å². The summed E-state index contributed by atoms with van der Waals surface area (Å²) < 4.78 is 0. The van der Waals surface area contributed by atoms with Crippen LogP contribution in [0.25, 0.3) is 5.70 Å². The molecule has 28 heavy (non-hydrogen) atoms. The maximum atomic E-state index is 10.2. The Morgan fingerprint density at radius 1 is 1.11 bits per heavy atom. The van der Waals surface area contributed by atoms with Crippen LogP contribution in [0.15, 0.2) is 48.7 Å². The number of hydrogen-bond acceptors (Lipinski definition) is 4. The average Bonchev–Trinajstić information content (AvgIpc) is 2.64. The number of aromatic hydroxyl groups is 2. The summed E-state index contributed by atoms with van der Waals surface area (Å²) in [7, 11) is 0. The number of phenols is 2. The number of allylic oxidation sites excluding steroid dienone is 2. The van der Waals surface area contributed by atoms with Gasteiger partial charge in [0, 0.05) is 40.9 Å². The lowest BCUT2D eigenvalue weighted by molar-refractivity contribution is 0.445. The molecule has 0 bridgehead atoms. The van der Waals surface area contributed by atoms with Gasteiger partial charge in [-0.05, 0) is 69.0 Å². The van der Waals surface area contributed by atoms with Crippen molar-refractivity contribution in [2.75, 3.05) is 16.8 Å². The molecule has 4 nitrogen and oxygen atoms in total. The van der Waals surface area contributed by atoms with E-state index in [2.05, 4.69) is 62.7 Å². The second kappa shape index (κ2) is 9.36. The molecule has 0 heterocycles. The van der Waals surface area contributed by atoms with Crippen LogP contribution in [-0.4, -0.2) is 16.8 Å². The predicted octanol–water partition coefficient (Wildman–Crippen LogP) is 6.19. The van der Waals surface area contributed by atoms with Crippen molar-refractivity contribution in [2.45, 2.75) is 47.5 Å². The summed E-state index contributed by atoms with van der Waals surface area (Å²) in [6, 6.07) is 9.36. The predicted molar refractivity (Wildman–Crippen MR) is 120 cm³/mol. The molecule has 4 heteroatoms. The van der Waals surface area contributed by atoms with Crippen LogP contribution in [0.1, 0.15) is 50.8 Å². The van der Waals surface area contributed by atoms with Crippen molar-refractivity contribution in [3.8, 4) is 11.5 Å². The first-order chi connectivity index (χ1) is 13.3. The largest absolute Gasteiger partial charge is 0.508 e. The van der Waals surface area contributed by atoms with Crippen LogP contribution in [0.2, 0.25) is 0 Å². The molecule has 3 N–H and O–H groups in total. The first-order valence-electron chi connectivity index (χ1n) is 9.88. The van der Waals surface area contributed by atoms with Gasteiger partial charge in [-0.25, -0.2) is 0 Å². The first-order valence-corrected chi connectivity index (χ1v) is 9.88. The van der Waals surface area contributed by atoms with Gasteiger partial charge in [-0.1, -0.05) is 26.5 Å². The highest BCUT2D eigenvalue weighted by Gasteiger charge is 2.13. The molecular formula is C24H32N2O2. The Morgan fingerprint density at radius 3 is 2.39 bits per heavy atom. The van der Waals surface area contributed by atoms with Gasteiger partial charge in [0.05, 0.1) is 0 Å². The van der Waals surface area contributed by atoms with Gasteiger partial charge in [0.15, 0.2) is 0 Å². The monoisotopic (exact) mass is 380 g/mol. The van der Waals surface area contributed by atoms with Gasteiger partial charge in [-0.2, -0.15) is 0 Å². The molecule has 0 aliphatic carbocycles. The van der Waals surface area contributed by atoms with Crippen molar-refractivity contribution in [2.24, 2.45) is 0 Å². The summed E-state index contributed by atoms with van der Waals surface area (Å²) in [5.41, 5.74) is 6.46. The van der Waals surface area contributed by atoms with Crippen molar-refractivity contribution in [1.82, 2.24) is 0 Å². The molecular weight excluding hydrogens is 348 g/mol. The number of hydrogen-bond donors (Lipinski definition) is 3. The minimum absolute atomic E-state index is 0.0121. The Hall–Kier alpha value is -2.88. The second-order valence-corrected chi connectivity index (χ2v) is 6.95. The molecule has 0 aliphatic rings. The minimum atomic E-state index is 0.0121. The third-order valence-electron chi connectivity index (χ3n) is 4.93. The van der Waals surface area contributed by atoms with Crippen molar-refractivity contribution in [3.05, 3.63) is 65.4 Å². The summed E-state index contributed by atoms with van der Waals surface area (Å²) in [4.78, 5) is 2.30. The zero-order chi connectivity index (χ0) is 20.8. The molecule has 0 fully saturated rings. The third-order valence-corrected chi connectivity index (χ3v) is 4.93. The van der Waals surface area contributed by atoms with Crippen LogP contribution in [-0.2, 0) is 6.42 Å². The smallest absolute Gasteiger partial charge is 0.128 e. The molecule has 0 radical (unpaired) electrons. The van der Waals surface area contributed by atoms with Crippen LogP contribution in [0.5, 0.6) is 11.5 Å². The minimum Gasteiger partial charge on any atom is -0.508 e. The van der Waals surface area contributed by atoms with Gasteiger partial charge in [0.2, 0.25) is 0 Å². The van der Waals surface area contributed by atoms with E-state index in [1.165, 1.54) is 17.5 Å². The summed E-state index contributed by atoms with van der Waals surface area (Å²) in [6.07, 6.45) is 3.92. The molecule has 0 amide bonds. The summed E-state index contributed by atoms with van der Waals surface area (Å²) in [5, 5.41) is 23.4. The summed E-state index contributed by atoms with van der Waals surface area (Å²) >= 11 is 0. The number of nitrogens with one attached hydrogen (secondary N) is 1. The molecule has 0 saturated heterocycles. The van der Waals surface area contributed by atoms with E-state index < -0.39 is 0 Å². The van der Waals surface area contributed by atoms with Crippen LogP contribution in [0, 0.1) is 6.92 Å². The van der Waals surface area contributed by atoms with Crippen LogP contribution in [0.4, 0.5) is 11.4 Å². The molecule has 0 aromatic heterocycles. The van der Waals surface area contributed by atoms with Crippen LogP contribution in [0.3, 0.4) is 0 Å². The highest BCUT2D eigenvalue weighted by Crippen LogP contribution is 2.33. The zero-order valence-corrected chi connectivity index (χ0v) is 17.6. The topological polar surface area (TPSA) is 55.7 Å². The molecule has 150 valence electrons. The quantitative estimate of drug-likeness (QED) is 0.511. The van der Waals surface area contributed by atoms with Crippen molar-refractivity contribution >= 4 is 17.1 Å². The molecule has 0 unspecified atom stereocenters. The maximum Gasteiger partial charge on any atom is 0.128 e. The SMILES string of the molecule is C=C(Nc1ccc(N(CC)/C(C)=C/CC)c(C)c1)c1cc(CC)c(O)cc1O. The number of phenolic OH excluding ortho intramolecular Hbond substituents is 2. The second-order valence-electron chi connectivity index (χ2n) is 6.95. The van der Waals surface area contributed by atoms with Gasteiger partial charge in [0.1, 0.15) is 11.5 Å². The fourth-order valence-corrected chi connectivity index (χ4v) is 3.44. The Labute approximate surface area is 168 Å². The fraction of sp³-hybridized carbons (Fsp3) is 0.333. The lowest BCUT2D eigenvalue weighted by Crippen LogP contribution is -2.21. The van der Waals surface area contributed by atoms with Gasteiger partial charge < -0.3 is 20.4 Å². The molecule has 2 rings (SSSR count). The highest BCUT2D eigenvalue weighted by atomic mass is 16.3. The number of anilines is 2. The van der Waals surface area contributed by atoms with E-state index in [1.54, 1.807) is 6.07 Å². The molecule has 2 aromatic carbocycles. The highest BCUT2D eigenvalue weighted by molar-refractivity contribution is 5.80. The van der Waals surface area contributed by atoms with Crippen LogP contribution < -0.4 is 10.2 Å². The molecule has 0 aliphatic heterocycles. The van der Waals surface area contributed by atoms with E-state index in [0.29, 0.717) is 17.7 Å². The normalized spacial score (nSPS) is 11.4. The number of nitrogens with zero attached hydrogens (tertiary/aromatic N) is 1. The molecule has 0 saturated carbocycles. The Kier molecular flexibility index (Phi) is 7.16. The molecule has 2 aromatic rings. The van der Waals surface area contributed by atoms with E-state index in [0.717, 1.165) is 29.8 Å². The van der Waals surface area contributed by atoms with Gasteiger partial charge in [-0.3, -0.25) is 0 Å². The number of benzene rings is 2. The van der Waals surface area contributed by atoms with Crippen LogP contribution >= 0.6 is 0 Å². The molecule has 0 spiro atoms. The van der Waals surface area contributed by atoms with E-state index in [4.69, 9.17) is 0 Å². The van der Waals surface area contributed by atoms with E-state index in [-0.39, 0.29) is 11.5 Å². The van der Waals surface area contributed by atoms with Crippen molar-refractivity contribution in [1.29, 1.82) is 0 Å². The van der Waals surface area contributed by atoms with Gasteiger partial charge >= 0.3 is 0 Å². The van der Waals surface area contributed by atoms with Crippen molar-refractivity contribution in [3.63, 3.8) is 0 Å². The van der Waals surface area contributed by atoms with Crippen molar-refractivity contribution < 1.29 is 10.2 Å². The van der Waals surface area contributed by atoms with E-state index >= 15 is 0 Å². The fourth-order valence-electron chi connectivity index (χ4n) is 3.44. The lowest BCUT2D eigenvalue weighted by Gasteiger charge is -2.26. The van der Waals surface area contributed by atoms with Gasteiger partial charge in [0.25, 0.3) is 0 Å². The van der Waals surface area contributed by atoms with E-state index in [9.17, 15) is 10.2 Å². The third kappa shape index (κ3) is 4.69. The first kappa shape index (κ1) is 21.4.